The summed E-state index contributed by atoms with van der Waals surface area (Å²) in [6.45, 7) is 0. The summed E-state index contributed by atoms with van der Waals surface area (Å²) in [6, 6.07) is 8.48. The van der Waals surface area contributed by atoms with E-state index in [9.17, 15) is 0 Å². The van der Waals surface area contributed by atoms with E-state index in [-0.39, 0.29) is 0 Å². The van der Waals surface area contributed by atoms with Crippen LogP contribution in [0.15, 0.2) is 24.3 Å². The van der Waals surface area contributed by atoms with Crippen LogP contribution in [-0.4, -0.2) is 14.8 Å². The first kappa shape index (κ1) is 8.85. The van der Waals surface area contributed by atoms with E-state index in [4.69, 9.17) is 12.2 Å². The van der Waals surface area contributed by atoms with Crippen molar-refractivity contribution in [2.24, 2.45) is 7.05 Å². The maximum Gasteiger partial charge on any atom is 0.215 e. The van der Waals surface area contributed by atoms with E-state index < -0.39 is 0 Å². The number of fused-ring (bicyclic) bond motifs is 1. The lowest BCUT2D eigenvalue weighted by molar-refractivity contribution is 0.642. The van der Waals surface area contributed by atoms with Crippen molar-refractivity contribution in [1.29, 1.82) is 0 Å². The van der Waals surface area contributed by atoms with E-state index in [1.54, 1.807) is 4.68 Å². The molecule has 3 rings (SSSR count). The third-order valence-corrected chi connectivity index (χ3v) is 3.34. The number of aromatic nitrogens is 3. The van der Waals surface area contributed by atoms with Gasteiger partial charge < -0.3 is 0 Å². The van der Waals surface area contributed by atoms with Crippen molar-refractivity contribution in [2.45, 2.75) is 12.3 Å². The van der Waals surface area contributed by atoms with Gasteiger partial charge in [-0.25, -0.2) is 4.98 Å². The highest BCUT2D eigenvalue weighted by molar-refractivity contribution is 7.71. The van der Waals surface area contributed by atoms with E-state index in [2.05, 4.69) is 34.3 Å². The van der Waals surface area contributed by atoms with Crippen molar-refractivity contribution in [3.05, 3.63) is 46.0 Å². The number of nitrogens with zero attached hydrogens (tertiary/aromatic N) is 2. The van der Waals surface area contributed by atoms with Crippen LogP contribution in [0, 0.1) is 4.77 Å². The monoisotopic (exact) mass is 217 g/mol. The Morgan fingerprint density at radius 1 is 1.47 bits per heavy atom. The summed E-state index contributed by atoms with van der Waals surface area (Å²) in [7, 11) is 1.89. The molecule has 3 nitrogen and oxygen atoms in total. The zero-order valence-electron chi connectivity index (χ0n) is 8.40. The number of benzene rings is 1. The Balaban J connectivity index is 2.03. The van der Waals surface area contributed by atoms with Crippen molar-refractivity contribution < 1.29 is 0 Å². The molecular weight excluding hydrogens is 206 g/mol. The Morgan fingerprint density at radius 3 is 2.93 bits per heavy atom. The fourth-order valence-electron chi connectivity index (χ4n) is 2.08. The topological polar surface area (TPSA) is 33.6 Å². The van der Waals surface area contributed by atoms with E-state index >= 15 is 0 Å². The van der Waals surface area contributed by atoms with Crippen LogP contribution in [0.3, 0.4) is 0 Å². The molecule has 1 N–H and O–H groups in total. The van der Waals surface area contributed by atoms with Crippen molar-refractivity contribution in [3.63, 3.8) is 0 Å². The molecule has 1 aliphatic carbocycles. The third-order valence-electron chi connectivity index (χ3n) is 2.97. The van der Waals surface area contributed by atoms with Gasteiger partial charge >= 0.3 is 0 Å². The molecule has 0 radical (unpaired) electrons. The minimum Gasteiger partial charge on any atom is -0.283 e. The molecule has 0 fully saturated rings. The summed E-state index contributed by atoms with van der Waals surface area (Å²) < 4.78 is 2.40. The summed E-state index contributed by atoms with van der Waals surface area (Å²) in [5, 5.41) is 3.19. The van der Waals surface area contributed by atoms with Crippen LogP contribution in [0.25, 0.3) is 0 Å². The SMILES string of the molecule is Cn1[nH]c(C2Cc3ccccc32)nc1=S. The van der Waals surface area contributed by atoms with Gasteiger partial charge in [-0.15, -0.1) is 0 Å². The fraction of sp³-hybridized carbons (Fsp3) is 0.273. The number of H-pyrrole nitrogens is 1. The molecule has 0 saturated carbocycles. The fourth-order valence-corrected chi connectivity index (χ4v) is 2.23. The first-order valence-electron chi connectivity index (χ1n) is 4.96. The minimum atomic E-state index is 0.407. The van der Waals surface area contributed by atoms with E-state index in [1.165, 1.54) is 11.1 Å². The molecule has 1 aromatic carbocycles. The Bertz CT molecular complexity index is 567. The molecule has 0 aliphatic heterocycles. The Kier molecular flexibility index (Phi) is 1.79. The average Bonchev–Trinajstić information content (AvgIpc) is 2.49. The summed E-state index contributed by atoms with van der Waals surface area (Å²) in [4.78, 5) is 4.35. The lowest BCUT2D eigenvalue weighted by Crippen LogP contribution is -2.19. The highest BCUT2D eigenvalue weighted by Gasteiger charge is 2.29. The van der Waals surface area contributed by atoms with Gasteiger partial charge in [-0.05, 0) is 29.8 Å². The standard InChI is InChI=1S/C11H11N3S/c1-14-11(15)12-10(13-14)9-6-7-4-2-3-5-8(7)9/h2-5,9H,6H2,1H3,(H,12,13,15). The number of aryl methyl sites for hydroxylation is 1. The molecular formula is C11H11N3S. The van der Waals surface area contributed by atoms with Crippen molar-refractivity contribution in [3.8, 4) is 0 Å². The highest BCUT2D eigenvalue weighted by Crippen LogP contribution is 2.38. The normalized spacial score (nSPS) is 18.3. The molecule has 4 heteroatoms. The molecule has 1 unspecified atom stereocenters. The van der Waals surface area contributed by atoms with Gasteiger partial charge in [-0.1, -0.05) is 24.3 Å². The first-order chi connectivity index (χ1) is 7.25. The number of rotatable bonds is 1. The second kappa shape index (κ2) is 3.03. The second-order valence-electron chi connectivity index (χ2n) is 3.91. The molecule has 15 heavy (non-hydrogen) atoms. The van der Waals surface area contributed by atoms with Gasteiger partial charge in [0.15, 0.2) is 0 Å². The summed E-state index contributed by atoms with van der Waals surface area (Å²) in [5.74, 6) is 1.39. The molecule has 1 atom stereocenters. The van der Waals surface area contributed by atoms with E-state index in [0.29, 0.717) is 10.7 Å². The lowest BCUT2D eigenvalue weighted by atomic mass is 9.77. The molecule has 1 heterocycles. The van der Waals surface area contributed by atoms with Crippen LogP contribution in [0.1, 0.15) is 22.9 Å². The highest BCUT2D eigenvalue weighted by atomic mass is 32.1. The summed E-state index contributed by atoms with van der Waals surface area (Å²) >= 11 is 5.08. The maximum absolute atomic E-state index is 5.08. The molecule has 0 saturated heterocycles. The number of nitrogens with one attached hydrogen (secondary N) is 1. The van der Waals surface area contributed by atoms with Gasteiger partial charge in [0, 0.05) is 13.0 Å². The smallest absolute Gasteiger partial charge is 0.215 e. The van der Waals surface area contributed by atoms with Crippen LogP contribution < -0.4 is 0 Å². The van der Waals surface area contributed by atoms with Crippen molar-refractivity contribution in [2.75, 3.05) is 0 Å². The van der Waals surface area contributed by atoms with E-state index in [0.717, 1.165) is 12.2 Å². The summed E-state index contributed by atoms with van der Waals surface area (Å²) in [6.07, 6.45) is 1.07. The van der Waals surface area contributed by atoms with Gasteiger partial charge in [-0.2, -0.15) is 0 Å². The van der Waals surface area contributed by atoms with Crippen LogP contribution in [-0.2, 0) is 13.5 Å². The van der Waals surface area contributed by atoms with Crippen molar-refractivity contribution in [1.82, 2.24) is 14.8 Å². The second-order valence-corrected chi connectivity index (χ2v) is 4.27. The summed E-state index contributed by atoms with van der Waals surface area (Å²) in [5.41, 5.74) is 2.80. The third kappa shape index (κ3) is 1.25. The number of hydrogen-bond donors (Lipinski definition) is 1. The predicted octanol–water partition coefficient (Wildman–Crippen LogP) is 2.17. The molecule has 0 amide bonds. The predicted molar refractivity (Wildman–Crippen MR) is 60.4 cm³/mol. The zero-order valence-corrected chi connectivity index (χ0v) is 9.21. The molecule has 76 valence electrons. The Labute approximate surface area is 92.8 Å². The van der Waals surface area contributed by atoms with Gasteiger partial charge in [0.05, 0.1) is 0 Å². The quantitative estimate of drug-likeness (QED) is 0.743. The van der Waals surface area contributed by atoms with Crippen LogP contribution in [0.2, 0.25) is 0 Å². The number of hydrogen-bond acceptors (Lipinski definition) is 2. The largest absolute Gasteiger partial charge is 0.283 e. The average molecular weight is 217 g/mol. The minimum absolute atomic E-state index is 0.407. The zero-order chi connectivity index (χ0) is 10.4. The molecule has 0 spiro atoms. The van der Waals surface area contributed by atoms with Crippen LogP contribution >= 0.6 is 12.2 Å². The van der Waals surface area contributed by atoms with Crippen LogP contribution in [0.5, 0.6) is 0 Å². The Hall–Kier alpha value is -1.42. The van der Waals surface area contributed by atoms with Crippen LogP contribution in [0.4, 0.5) is 0 Å². The molecule has 1 aliphatic rings. The van der Waals surface area contributed by atoms with Gasteiger partial charge in [0.25, 0.3) is 0 Å². The van der Waals surface area contributed by atoms with Crippen molar-refractivity contribution >= 4 is 12.2 Å². The lowest BCUT2D eigenvalue weighted by Gasteiger charge is -2.27. The Morgan fingerprint density at radius 2 is 2.27 bits per heavy atom. The first-order valence-corrected chi connectivity index (χ1v) is 5.37. The van der Waals surface area contributed by atoms with E-state index in [1.807, 2.05) is 7.05 Å². The number of aromatic amines is 1. The molecule has 1 aromatic heterocycles. The maximum atomic E-state index is 5.08. The van der Waals surface area contributed by atoms with Gasteiger partial charge in [0.1, 0.15) is 5.82 Å². The molecule has 2 aromatic rings. The van der Waals surface area contributed by atoms with Gasteiger partial charge in [-0.3, -0.25) is 9.78 Å². The van der Waals surface area contributed by atoms with Gasteiger partial charge in [0.2, 0.25) is 4.77 Å². The molecule has 0 bridgehead atoms.